The van der Waals surface area contributed by atoms with Gasteiger partial charge in [0.05, 0.1) is 22.5 Å². The number of carbonyl (C=O) groups is 1. The Bertz CT molecular complexity index is 1140. The van der Waals surface area contributed by atoms with Crippen LogP contribution in [0.15, 0.2) is 60.8 Å². The minimum Gasteiger partial charge on any atom is -0.478 e. The van der Waals surface area contributed by atoms with Crippen molar-refractivity contribution in [2.24, 2.45) is 0 Å². The van der Waals surface area contributed by atoms with Crippen LogP contribution in [-0.4, -0.2) is 21.0 Å². The molecule has 2 aromatic carbocycles. The second-order valence-electron chi connectivity index (χ2n) is 6.39. The van der Waals surface area contributed by atoms with Crippen LogP contribution < -0.4 is 0 Å². The molecule has 0 aliphatic rings. The predicted octanol–water partition coefficient (Wildman–Crippen LogP) is 5.21. The summed E-state index contributed by atoms with van der Waals surface area (Å²) in [7, 11) is 0. The van der Waals surface area contributed by atoms with E-state index in [1.54, 1.807) is 12.1 Å². The normalized spacial score (nSPS) is 11.0. The average molecular weight is 342 g/mol. The summed E-state index contributed by atoms with van der Waals surface area (Å²) in [6, 6.07) is 17.1. The van der Waals surface area contributed by atoms with Crippen molar-refractivity contribution >= 4 is 16.9 Å². The Labute approximate surface area is 151 Å². The standard InChI is InChI=1S/C22H18N2O2/c1-13-7-8-15-9-10-19(24-20(15)14(13)2)21-17(11-12-23-21)16-5-3-4-6-18(16)22(25)26/h3-12,23H,1-2H3,(H,25,26). The van der Waals surface area contributed by atoms with E-state index in [-0.39, 0.29) is 5.56 Å². The number of aromatic amines is 1. The van der Waals surface area contributed by atoms with Gasteiger partial charge in [0.15, 0.2) is 0 Å². The lowest BCUT2D eigenvalue weighted by Crippen LogP contribution is -1.99. The van der Waals surface area contributed by atoms with Crippen molar-refractivity contribution in [3.63, 3.8) is 0 Å². The Balaban J connectivity index is 1.92. The minimum absolute atomic E-state index is 0.279. The number of carboxylic acids is 1. The number of H-pyrrole nitrogens is 1. The molecule has 0 aliphatic carbocycles. The fourth-order valence-corrected chi connectivity index (χ4v) is 3.28. The maximum absolute atomic E-state index is 11.6. The highest BCUT2D eigenvalue weighted by atomic mass is 16.4. The van der Waals surface area contributed by atoms with E-state index in [4.69, 9.17) is 4.98 Å². The van der Waals surface area contributed by atoms with Gasteiger partial charge in [0.1, 0.15) is 0 Å². The summed E-state index contributed by atoms with van der Waals surface area (Å²) >= 11 is 0. The van der Waals surface area contributed by atoms with Gasteiger partial charge in [0.25, 0.3) is 0 Å². The fourth-order valence-electron chi connectivity index (χ4n) is 3.28. The molecule has 0 aliphatic heterocycles. The van der Waals surface area contributed by atoms with Gasteiger partial charge in [-0.25, -0.2) is 9.78 Å². The third-order valence-corrected chi connectivity index (χ3v) is 4.84. The number of nitrogens with zero attached hydrogens (tertiary/aromatic N) is 1. The van der Waals surface area contributed by atoms with Crippen LogP contribution in [0.25, 0.3) is 33.4 Å². The first-order valence-corrected chi connectivity index (χ1v) is 8.43. The number of hydrogen-bond acceptors (Lipinski definition) is 2. The molecule has 26 heavy (non-hydrogen) atoms. The first-order valence-electron chi connectivity index (χ1n) is 8.43. The highest BCUT2D eigenvalue weighted by molar-refractivity contribution is 5.98. The molecule has 0 radical (unpaired) electrons. The number of aromatic nitrogens is 2. The summed E-state index contributed by atoms with van der Waals surface area (Å²) in [6.07, 6.45) is 1.82. The molecule has 4 heteroatoms. The molecule has 4 nitrogen and oxygen atoms in total. The molecule has 4 rings (SSSR count). The Morgan fingerprint density at radius 1 is 0.962 bits per heavy atom. The average Bonchev–Trinajstić information content (AvgIpc) is 3.14. The van der Waals surface area contributed by atoms with Crippen LogP contribution in [0, 0.1) is 13.8 Å². The van der Waals surface area contributed by atoms with E-state index in [0.717, 1.165) is 33.4 Å². The molecule has 2 aromatic heterocycles. The maximum Gasteiger partial charge on any atom is 0.336 e. The van der Waals surface area contributed by atoms with Crippen molar-refractivity contribution in [1.82, 2.24) is 9.97 Å². The van der Waals surface area contributed by atoms with E-state index in [9.17, 15) is 9.90 Å². The number of fused-ring (bicyclic) bond motifs is 1. The first kappa shape index (κ1) is 16.1. The zero-order valence-corrected chi connectivity index (χ0v) is 14.6. The first-order chi connectivity index (χ1) is 12.6. The van der Waals surface area contributed by atoms with Crippen molar-refractivity contribution in [3.8, 4) is 22.5 Å². The molecular formula is C22H18N2O2. The number of rotatable bonds is 3. The molecule has 0 spiro atoms. The third-order valence-electron chi connectivity index (χ3n) is 4.84. The second-order valence-corrected chi connectivity index (χ2v) is 6.39. The molecule has 0 saturated carbocycles. The summed E-state index contributed by atoms with van der Waals surface area (Å²) in [5.74, 6) is -0.939. The van der Waals surface area contributed by atoms with Crippen molar-refractivity contribution in [1.29, 1.82) is 0 Å². The van der Waals surface area contributed by atoms with Gasteiger partial charge < -0.3 is 10.1 Å². The lowest BCUT2D eigenvalue weighted by molar-refractivity contribution is 0.0697. The lowest BCUT2D eigenvalue weighted by atomic mass is 9.98. The van der Waals surface area contributed by atoms with Gasteiger partial charge in [-0.15, -0.1) is 0 Å². The molecule has 128 valence electrons. The number of benzene rings is 2. The molecule has 4 aromatic rings. The fraction of sp³-hybridized carbons (Fsp3) is 0.0909. The summed E-state index contributed by atoms with van der Waals surface area (Å²) in [4.78, 5) is 19.7. The Kier molecular flexibility index (Phi) is 3.81. The van der Waals surface area contributed by atoms with Crippen molar-refractivity contribution in [2.75, 3.05) is 0 Å². The Hall–Kier alpha value is -3.40. The molecular weight excluding hydrogens is 324 g/mol. The van der Waals surface area contributed by atoms with Gasteiger partial charge in [-0.05, 0) is 48.7 Å². The number of pyridine rings is 1. The highest BCUT2D eigenvalue weighted by Gasteiger charge is 2.17. The number of hydrogen-bond donors (Lipinski definition) is 2. The van der Waals surface area contributed by atoms with E-state index in [0.29, 0.717) is 5.56 Å². The number of carboxylic acid groups (broad SMARTS) is 1. The summed E-state index contributed by atoms with van der Waals surface area (Å²) in [5.41, 5.74) is 6.73. The van der Waals surface area contributed by atoms with Gasteiger partial charge in [-0.1, -0.05) is 36.4 Å². The van der Waals surface area contributed by atoms with E-state index in [1.807, 2.05) is 30.5 Å². The summed E-state index contributed by atoms with van der Waals surface area (Å²) in [5, 5.41) is 10.6. The van der Waals surface area contributed by atoms with E-state index in [2.05, 4.69) is 37.0 Å². The molecule has 0 bridgehead atoms. The van der Waals surface area contributed by atoms with Crippen LogP contribution in [0.2, 0.25) is 0 Å². The maximum atomic E-state index is 11.6. The zero-order valence-electron chi connectivity index (χ0n) is 14.6. The number of aryl methyl sites for hydroxylation is 2. The van der Waals surface area contributed by atoms with Crippen LogP contribution >= 0.6 is 0 Å². The molecule has 0 unspecified atom stereocenters. The number of nitrogens with one attached hydrogen (secondary N) is 1. The van der Waals surface area contributed by atoms with Gasteiger partial charge in [0.2, 0.25) is 0 Å². The summed E-state index contributed by atoms with van der Waals surface area (Å²) in [6.45, 7) is 4.15. The quantitative estimate of drug-likeness (QED) is 0.537. The van der Waals surface area contributed by atoms with Crippen LogP contribution in [-0.2, 0) is 0 Å². The smallest absolute Gasteiger partial charge is 0.336 e. The van der Waals surface area contributed by atoms with Crippen LogP contribution in [0.5, 0.6) is 0 Å². The molecule has 0 amide bonds. The van der Waals surface area contributed by atoms with E-state index in [1.165, 1.54) is 5.56 Å². The third kappa shape index (κ3) is 2.56. The van der Waals surface area contributed by atoms with E-state index < -0.39 is 5.97 Å². The van der Waals surface area contributed by atoms with Crippen molar-refractivity contribution in [3.05, 3.63) is 77.5 Å². The number of aromatic carboxylic acids is 1. The topological polar surface area (TPSA) is 66.0 Å². The molecule has 2 N–H and O–H groups in total. The Morgan fingerprint density at radius 2 is 1.73 bits per heavy atom. The van der Waals surface area contributed by atoms with Gasteiger partial charge in [0, 0.05) is 17.1 Å². The molecule has 0 saturated heterocycles. The largest absolute Gasteiger partial charge is 0.478 e. The van der Waals surface area contributed by atoms with E-state index >= 15 is 0 Å². The van der Waals surface area contributed by atoms with Gasteiger partial charge >= 0.3 is 5.97 Å². The van der Waals surface area contributed by atoms with Gasteiger partial charge in [-0.3, -0.25) is 0 Å². The highest BCUT2D eigenvalue weighted by Crippen LogP contribution is 2.33. The van der Waals surface area contributed by atoms with Gasteiger partial charge in [-0.2, -0.15) is 0 Å². The van der Waals surface area contributed by atoms with Crippen molar-refractivity contribution in [2.45, 2.75) is 13.8 Å². The summed E-state index contributed by atoms with van der Waals surface area (Å²) < 4.78 is 0. The zero-order chi connectivity index (χ0) is 18.3. The molecule has 2 heterocycles. The van der Waals surface area contributed by atoms with Crippen molar-refractivity contribution < 1.29 is 9.90 Å². The molecule has 0 fully saturated rings. The lowest BCUT2D eigenvalue weighted by Gasteiger charge is -2.10. The minimum atomic E-state index is -0.939. The van der Waals surface area contributed by atoms with Crippen LogP contribution in [0.4, 0.5) is 0 Å². The second kappa shape index (κ2) is 6.15. The van der Waals surface area contributed by atoms with Crippen LogP contribution in [0.3, 0.4) is 0 Å². The monoisotopic (exact) mass is 342 g/mol. The molecule has 0 atom stereocenters. The SMILES string of the molecule is Cc1ccc2ccc(-c3[nH]ccc3-c3ccccc3C(=O)O)nc2c1C. The Morgan fingerprint density at radius 3 is 2.54 bits per heavy atom. The predicted molar refractivity (Wildman–Crippen MR) is 103 cm³/mol. The van der Waals surface area contributed by atoms with Crippen LogP contribution in [0.1, 0.15) is 21.5 Å².